The zero-order valence-corrected chi connectivity index (χ0v) is 13.3. The van der Waals surface area contributed by atoms with Gasteiger partial charge in [-0.3, -0.25) is 5.10 Å². The Hall–Kier alpha value is -3.28. The van der Waals surface area contributed by atoms with Gasteiger partial charge in [0.05, 0.1) is 20.4 Å². The fraction of sp³-hybridized carbons (Fsp3) is 0.111. The molecule has 0 spiro atoms. The Morgan fingerprint density at radius 1 is 1.00 bits per heavy atom. The molecule has 4 aromatic rings. The summed E-state index contributed by atoms with van der Waals surface area (Å²) in [6.07, 6.45) is 1.79. The summed E-state index contributed by atoms with van der Waals surface area (Å²) in [7, 11) is 3.26. The molecule has 0 aliphatic rings. The van der Waals surface area contributed by atoms with Gasteiger partial charge in [0.1, 0.15) is 22.5 Å². The third-order valence-corrected chi connectivity index (χ3v) is 3.93. The highest BCUT2D eigenvalue weighted by molar-refractivity contribution is 6.10. The minimum Gasteiger partial charge on any atom is -0.497 e. The lowest BCUT2D eigenvalue weighted by molar-refractivity contribution is 0.397. The molecule has 0 aliphatic heterocycles. The van der Waals surface area contributed by atoms with Crippen molar-refractivity contribution in [3.05, 3.63) is 48.7 Å². The van der Waals surface area contributed by atoms with Gasteiger partial charge in [0, 0.05) is 22.5 Å². The van der Waals surface area contributed by atoms with Crippen molar-refractivity contribution in [2.75, 3.05) is 19.5 Å². The van der Waals surface area contributed by atoms with Gasteiger partial charge in [-0.25, -0.2) is 4.98 Å². The molecule has 0 saturated carbocycles. The second-order valence-corrected chi connectivity index (χ2v) is 5.34. The first-order chi connectivity index (χ1) is 11.8. The topological polar surface area (TPSA) is 72.1 Å². The molecule has 0 atom stereocenters. The number of fused-ring (bicyclic) bond motifs is 3. The van der Waals surface area contributed by atoms with Crippen molar-refractivity contribution in [1.29, 1.82) is 0 Å². The molecular weight excluding hydrogens is 304 g/mol. The van der Waals surface area contributed by atoms with Crippen molar-refractivity contribution in [3.8, 4) is 11.5 Å². The van der Waals surface area contributed by atoms with Crippen LogP contribution in [0.1, 0.15) is 0 Å². The molecule has 0 aliphatic carbocycles. The fourth-order valence-corrected chi connectivity index (χ4v) is 2.76. The molecule has 6 nitrogen and oxygen atoms in total. The van der Waals surface area contributed by atoms with Crippen LogP contribution in [0.25, 0.3) is 21.8 Å². The van der Waals surface area contributed by atoms with Crippen molar-refractivity contribution in [2.45, 2.75) is 0 Å². The predicted octanol–water partition coefficient (Wildman–Crippen LogP) is 3.87. The van der Waals surface area contributed by atoms with Gasteiger partial charge in [0.2, 0.25) is 0 Å². The third kappa shape index (κ3) is 2.28. The van der Waals surface area contributed by atoms with E-state index in [1.165, 1.54) is 0 Å². The van der Waals surface area contributed by atoms with Crippen LogP contribution in [-0.2, 0) is 0 Å². The highest BCUT2D eigenvalue weighted by Gasteiger charge is 2.15. The van der Waals surface area contributed by atoms with E-state index in [1.807, 2.05) is 42.5 Å². The van der Waals surface area contributed by atoms with Gasteiger partial charge in [-0.15, -0.1) is 0 Å². The van der Waals surface area contributed by atoms with E-state index < -0.39 is 0 Å². The number of rotatable bonds is 4. The number of hydrogen-bond donors (Lipinski definition) is 2. The smallest absolute Gasteiger partial charge is 0.157 e. The minimum atomic E-state index is 0.656. The summed E-state index contributed by atoms with van der Waals surface area (Å²) < 4.78 is 10.9. The molecule has 4 rings (SSSR count). The zero-order chi connectivity index (χ0) is 16.5. The molecule has 24 heavy (non-hydrogen) atoms. The Morgan fingerprint density at radius 3 is 2.58 bits per heavy atom. The Bertz CT molecular complexity index is 1010. The van der Waals surface area contributed by atoms with Gasteiger partial charge in [-0.2, -0.15) is 5.10 Å². The summed E-state index contributed by atoms with van der Waals surface area (Å²) in [6.45, 7) is 0. The number of hydrogen-bond acceptors (Lipinski definition) is 5. The second-order valence-electron chi connectivity index (χ2n) is 5.34. The number of pyridine rings is 1. The average molecular weight is 320 g/mol. The molecule has 0 unspecified atom stereocenters. The molecule has 2 aromatic heterocycles. The number of nitrogens with one attached hydrogen (secondary N) is 2. The van der Waals surface area contributed by atoms with E-state index in [4.69, 9.17) is 14.5 Å². The van der Waals surface area contributed by atoms with E-state index in [2.05, 4.69) is 15.5 Å². The van der Waals surface area contributed by atoms with Crippen LogP contribution < -0.4 is 14.8 Å². The normalized spacial score (nSPS) is 10.9. The molecule has 0 radical (unpaired) electrons. The van der Waals surface area contributed by atoms with Crippen LogP contribution in [0.2, 0.25) is 0 Å². The van der Waals surface area contributed by atoms with Crippen LogP contribution in [0.5, 0.6) is 11.5 Å². The van der Waals surface area contributed by atoms with E-state index in [0.717, 1.165) is 27.5 Å². The second kappa shape index (κ2) is 5.73. The van der Waals surface area contributed by atoms with Crippen molar-refractivity contribution in [2.24, 2.45) is 0 Å². The maximum atomic E-state index is 5.50. The summed E-state index contributed by atoms with van der Waals surface area (Å²) >= 11 is 0. The molecule has 120 valence electrons. The van der Waals surface area contributed by atoms with Crippen molar-refractivity contribution in [1.82, 2.24) is 15.2 Å². The number of H-pyrrole nitrogens is 1. The van der Waals surface area contributed by atoms with Crippen molar-refractivity contribution < 1.29 is 9.47 Å². The third-order valence-electron chi connectivity index (χ3n) is 3.93. The monoisotopic (exact) mass is 320 g/mol. The Kier molecular flexibility index (Phi) is 3.42. The zero-order valence-electron chi connectivity index (χ0n) is 13.3. The largest absolute Gasteiger partial charge is 0.497 e. The number of nitrogens with zero attached hydrogens (tertiary/aromatic N) is 2. The number of aromatic nitrogens is 3. The van der Waals surface area contributed by atoms with E-state index in [1.54, 1.807) is 20.4 Å². The van der Waals surface area contributed by atoms with E-state index >= 15 is 0 Å². The first kappa shape index (κ1) is 14.3. The highest BCUT2D eigenvalue weighted by atomic mass is 16.5. The van der Waals surface area contributed by atoms with Crippen LogP contribution in [-0.4, -0.2) is 29.4 Å². The number of aromatic amines is 1. The Morgan fingerprint density at radius 2 is 1.83 bits per heavy atom. The van der Waals surface area contributed by atoms with Crippen molar-refractivity contribution >= 4 is 33.3 Å². The standard InChI is InChI=1S/C18H16N4O2/c1-23-12-8-13-14-10-19-22-17(14)18(20-11-6-4-3-5-7-11)21-16(13)15(9-12)24-2/h3-10H,1-2H3,(H,19,22)(H,20,21). The molecule has 2 heterocycles. The van der Waals surface area contributed by atoms with Gasteiger partial charge < -0.3 is 14.8 Å². The average Bonchev–Trinajstić information content (AvgIpc) is 3.12. The molecule has 0 amide bonds. The molecule has 0 fully saturated rings. The molecular formula is C18H16N4O2. The highest BCUT2D eigenvalue weighted by Crippen LogP contribution is 2.36. The molecule has 6 heteroatoms. The number of ether oxygens (including phenoxy) is 2. The summed E-state index contributed by atoms with van der Waals surface area (Å²) in [5.41, 5.74) is 2.54. The Balaban J connectivity index is 1.98. The van der Waals surface area contributed by atoms with Gasteiger partial charge >= 0.3 is 0 Å². The quantitative estimate of drug-likeness (QED) is 0.597. The maximum Gasteiger partial charge on any atom is 0.157 e. The fourth-order valence-electron chi connectivity index (χ4n) is 2.76. The number of anilines is 2. The maximum absolute atomic E-state index is 5.50. The van der Waals surface area contributed by atoms with Gasteiger partial charge in [0.15, 0.2) is 5.82 Å². The van der Waals surface area contributed by atoms with Crippen LogP contribution in [0.3, 0.4) is 0 Å². The lowest BCUT2D eigenvalue weighted by Gasteiger charge is -2.12. The minimum absolute atomic E-state index is 0.656. The SMILES string of the molecule is COc1cc(OC)c2nc(Nc3ccccc3)c3[nH]ncc3c2c1. The first-order valence-corrected chi connectivity index (χ1v) is 7.51. The number of methoxy groups -OCH3 is 2. The first-order valence-electron chi connectivity index (χ1n) is 7.51. The van der Waals surface area contributed by atoms with Gasteiger partial charge in [-0.05, 0) is 18.2 Å². The van der Waals surface area contributed by atoms with Crippen LogP contribution in [0.4, 0.5) is 11.5 Å². The Labute approximate surface area is 138 Å². The summed E-state index contributed by atoms with van der Waals surface area (Å²) in [5, 5.41) is 12.4. The van der Waals surface area contributed by atoms with Gasteiger partial charge in [-0.1, -0.05) is 18.2 Å². The number of para-hydroxylation sites is 1. The predicted molar refractivity (Wildman–Crippen MR) is 94.2 cm³/mol. The lowest BCUT2D eigenvalue weighted by Crippen LogP contribution is -1.98. The van der Waals surface area contributed by atoms with E-state index in [9.17, 15) is 0 Å². The molecule has 2 aromatic carbocycles. The molecule has 0 saturated heterocycles. The van der Waals surface area contributed by atoms with Gasteiger partial charge in [0.25, 0.3) is 0 Å². The molecule has 0 bridgehead atoms. The molecule has 2 N–H and O–H groups in total. The summed E-state index contributed by atoms with van der Waals surface area (Å²) in [5.74, 6) is 2.07. The summed E-state index contributed by atoms with van der Waals surface area (Å²) in [6, 6.07) is 13.7. The van der Waals surface area contributed by atoms with E-state index in [-0.39, 0.29) is 0 Å². The van der Waals surface area contributed by atoms with Crippen LogP contribution in [0.15, 0.2) is 48.7 Å². The van der Waals surface area contributed by atoms with Crippen LogP contribution >= 0.6 is 0 Å². The van der Waals surface area contributed by atoms with Crippen molar-refractivity contribution in [3.63, 3.8) is 0 Å². The number of benzene rings is 2. The van der Waals surface area contributed by atoms with Crippen LogP contribution in [0, 0.1) is 0 Å². The summed E-state index contributed by atoms with van der Waals surface area (Å²) in [4.78, 5) is 4.75. The lowest BCUT2D eigenvalue weighted by atomic mass is 10.1. The van der Waals surface area contributed by atoms with E-state index in [0.29, 0.717) is 17.3 Å².